The van der Waals surface area contributed by atoms with Crippen LogP contribution in [-0.4, -0.2) is 50.6 Å². The highest BCUT2D eigenvalue weighted by Gasteiger charge is 2.54. The van der Waals surface area contributed by atoms with Gasteiger partial charge in [0.25, 0.3) is 11.8 Å². The van der Waals surface area contributed by atoms with Crippen LogP contribution in [-0.2, 0) is 6.54 Å². The summed E-state index contributed by atoms with van der Waals surface area (Å²) in [6, 6.07) is 9.92. The lowest BCUT2D eigenvalue weighted by molar-refractivity contribution is 0.0690. The van der Waals surface area contributed by atoms with Crippen molar-refractivity contribution in [3.63, 3.8) is 0 Å². The SMILES string of the molecule is CCn1nc(C)cc1C(=O)NC[C@@H]1[C@H]2C[C@H]2CN1C(=O)c1nc(C)sc1-c1ccccc1C. The van der Waals surface area contributed by atoms with E-state index in [9.17, 15) is 9.59 Å². The molecule has 0 unspecified atom stereocenters. The Balaban J connectivity index is 1.36. The number of thiazole rings is 1. The number of aromatic nitrogens is 3. The largest absolute Gasteiger partial charge is 0.349 e. The van der Waals surface area contributed by atoms with Crippen molar-refractivity contribution < 1.29 is 9.59 Å². The zero-order valence-corrected chi connectivity index (χ0v) is 20.3. The van der Waals surface area contributed by atoms with Crippen molar-refractivity contribution in [3.05, 3.63) is 58.0 Å². The zero-order valence-electron chi connectivity index (χ0n) is 19.5. The lowest BCUT2D eigenvalue weighted by atomic mass is 10.1. The van der Waals surface area contributed by atoms with Crippen LogP contribution in [0.4, 0.5) is 0 Å². The Labute approximate surface area is 197 Å². The minimum Gasteiger partial charge on any atom is -0.349 e. The first-order valence-electron chi connectivity index (χ1n) is 11.5. The van der Waals surface area contributed by atoms with Crippen molar-refractivity contribution in [3.8, 4) is 10.4 Å². The fourth-order valence-electron chi connectivity index (χ4n) is 5.04. The van der Waals surface area contributed by atoms with Crippen LogP contribution < -0.4 is 5.32 Å². The molecule has 0 radical (unpaired) electrons. The monoisotopic (exact) mass is 463 g/mol. The van der Waals surface area contributed by atoms with Crippen LogP contribution in [0, 0.1) is 32.6 Å². The minimum atomic E-state index is -0.140. The highest BCUT2D eigenvalue weighted by atomic mass is 32.1. The molecule has 1 aliphatic heterocycles. The smallest absolute Gasteiger partial charge is 0.274 e. The summed E-state index contributed by atoms with van der Waals surface area (Å²) in [7, 11) is 0. The summed E-state index contributed by atoms with van der Waals surface area (Å²) in [5.41, 5.74) is 4.11. The van der Waals surface area contributed by atoms with Gasteiger partial charge in [-0.3, -0.25) is 14.3 Å². The van der Waals surface area contributed by atoms with Gasteiger partial charge in [-0.05, 0) is 63.1 Å². The Kier molecular flexibility index (Phi) is 5.56. The van der Waals surface area contributed by atoms with E-state index in [0.717, 1.165) is 39.7 Å². The van der Waals surface area contributed by atoms with Crippen LogP contribution in [0.5, 0.6) is 0 Å². The quantitative estimate of drug-likeness (QED) is 0.602. The van der Waals surface area contributed by atoms with Crippen LogP contribution in [0.2, 0.25) is 0 Å². The molecular formula is C25H29N5O2S. The van der Waals surface area contributed by atoms with Gasteiger partial charge in [-0.1, -0.05) is 24.3 Å². The molecule has 3 heterocycles. The van der Waals surface area contributed by atoms with Gasteiger partial charge in [0.15, 0.2) is 0 Å². The number of rotatable bonds is 6. The molecule has 1 aliphatic carbocycles. The van der Waals surface area contributed by atoms with Gasteiger partial charge in [-0.15, -0.1) is 11.3 Å². The second kappa shape index (κ2) is 8.41. The number of hydrogen-bond acceptors (Lipinski definition) is 5. The van der Waals surface area contributed by atoms with E-state index in [1.165, 1.54) is 0 Å². The normalized spacial score (nSPS) is 21.2. The first-order valence-corrected chi connectivity index (χ1v) is 12.4. The van der Waals surface area contributed by atoms with Crippen molar-refractivity contribution >= 4 is 23.2 Å². The van der Waals surface area contributed by atoms with Crippen LogP contribution in [0.1, 0.15) is 50.6 Å². The third-order valence-electron chi connectivity index (χ3n) is 6.80. The summed E-state index contributed by atoms with van der Waals surface area (Å²) in [6.07, 6.45) is 1.12. The number of benzene rings is 1. The third kappa shape index (κ3) is 3.97. The van der Waals surface area contributed by atoms with E-state index in [-0.39, 0.29) is 17.9 Å². The van der Waals surface area contributed by atoms with E-state index < -0.39 is 0 Å². The van der Waals surface area contributed by atoms with Gasteiger partial charge in [-0.25, -0.2) is 4.98 Å². The van der Waals surface area contributed by atoms with Crippen LogP contribution in [0.3, 0.4) is 0 Å². The number of carbonyl (C=O) groups excluding carboxylic acids is 2. The minimum absolute atomic E-state index is 0.00253. The number of fused-ring (bicyclic) bond motifs is 1. The predicted octanol–water partition coefficient (Wildman–Crippen LogP) is 3.84. The third-order valence-corrected chi connectivity index (χ3v) is 7.80. The Morgan fingerprint density at radius 1 is 1.21 bits per heavy atom. The van der Waals surface area contributed by atoms with Crippen LogP contribution in [0.25, 0.3) is 10.4 Å². The maximum Gasteiger partial charge on any atom is 0.274 e. The Bertz CT molecular complexity index is 1230. The van der Waals surface area contributed by atoms with Crippen molar-refractivity contribution in [2.45, 2.75) is 46.7 Å². The van der Waals surface area contributed by atoms with Crippen molar-refractivity contribution in [2.75, 3.05) is 13.1 Å². The van der Waals surface area contributed by atoms with E-state index in [1.807, 2.05) is 43.9 Å². The number of piperidine rings is 1. The van der Waals surface area contributed by atoms with E-state index in [2.05, 4.69) is 34.5 Å². The second-order valence-corrected chi connectivity index (χ2v) is 10.3. The first-order chi connectivity index (χ1) is 15.9. The zero-order chi connectivity index (χ0) is 23.3. The van der Waals surface area contributed by atoms with Gasteiger partial charge >= 0.3 is 0 Å². The lowest BCUT2D eigenvalue weighted by Gasteiger charge is -2.27. The molecule has 5 rings (SSSR count). The number of nitrogens with zero attached hydrogens (tertiary/aromatic N) is 4. The Morgan fingerprint density at radius 2 is 2.00 bits per heavy atom. The highest BCUT2D eigenvalue weighted by Crippen LogP contribution is 2.50. The molecule has 2 fully saturated rings. The molecule has 8 heteroatoms. The number of nitrogens with one attached hydrogen (secondary N) is 1. The standard InChI is InChI=1S/C25H29N5O2S/c1-5-30-20(10-15(3)28-30)24(31)26-12-21-19-11-17(19)13-29(21)25(32)22-23(33-16(4)27-22)18-9-7-6-8-14(18)2/h6-10,17,19,21H,5,11-13H2,1-4H3,(H,26,31)/t17-,19-,21+/m0/s1. The molecule has 2 aromatic heterocycles. The molecule has 2 amide bonds. The predicted molar refractivity (Wildman–Crippen MR) is 128 cm³/mol. The molecule has 1 N–H and O–H groups in total. The molecule has 1 aromatic carbocycles. The molecule has 1 saturated carbocycles. The lowest BCUT2D eigenvalue weighted by Crippen LogP contribution is -2.46. The van der Waals surface area contributed by atoms with Gasteiger partial charge < -0.3 is 10.2 Å². The second-order valence-electron chi connectivity index (χ2n) is 9.11. The molecule has 0 bridgehead atoms. The van der Waals surface area contributed by atoms with Gasteiger partial charge in [0.1, 0.15) is 11.4 Å². The average Bonchev–Trinajstić information content (AvgIpc) is 3.12. The number of aryl methyl sites for hydroxylation is 4. The van der Waals surface area contributed by atoms with E-state index >= 15 is 0 Å². The maximum absolute atomic E-state index is 13.7. The molecule has 7 nitrogen and oxygen atoms in total. The molecule has 33 heavy (non-hydrogen) atoms. The molecule has 2 aliphatic rings. The van der Waals surface area contributed by atoms with Crippen LogP contribution >= 0.6 is 11.3 Å². The number of hydrogen-bond donors (Lipinski definition) is 1. The fourth-order valence-corrected chi connectivity index (χ4v) is 6.04. The Morgan fingerprint density at radius 3 is 2.76 bits per heavy atom. The highest BCUT2D eigenvalue weighted by molar-refractivity contribution is 7.15. The van der Waals surface area contributed by atoms with Gasteiger partial charge in [0.2, 0.25) is 0 Å². The first kappa shape index (κ1) is 21.8. The fraction of sp³-hybridized carbons (Fsp3) is 0.440. The molecule has 3 aromatic rings. The van der Waals surface area contributed by atoms with Crippen LogP contribution in [0.15, 0.2) is 30.3 Å². The summed E-state index contributed by atoms with van der Waals surface area (Å²) in [5, 5.41) is 8.32. The summed E-state index contributed by atoms with van der Waals surface area (Å²) in [5.74, 6) is 0.812. The number of amides is 2. The van der Waals surface area contributed by atoms with Gasteiger partial charge in [-0.2, -0.15) is 5.10 Å². The molecule has 172 valence electrons. The van der Waals surface area contributed by atoms with Crippen molar-refractivity contribution in [2.24, 2.45) is 11.8 Å². The van der Waals surface area contributed by atoms with Gasteiger partial charge in [0, 0.05) is 19.6 Å². The molecular weight excluding hydrogens is 434 g/mol. The van der Waals surface area contributed by atoms with Crippen molar-refractivity contribution in [1.29, 1.82) is 0 Å². The maximum atomic E-state index is 13.7. The number of likely N-dealkylation sites (tertiary alicyclic amines) is 1. The number of carbonyl (C=O) groups is 2. The molecule has 0 spiro atoms. The Hall–Kier alpha value is -3.00. The topological polar surface area (TPSA) is 80.1 Å². The van der Waals surface area contributed by atoms with E-state index in [0.29, 0.717) is 36.3 Å². The summed E-state index contributed by atoms with van der Waals surface area (Å²) >= 11 is 1.57. The molecule has 3 atom stereocenters. The summed E-state index contributed by atoms with van der Waals surface area (Å²) in [6.45, 7) is 9.68. The van der Waals surface area contributed by atoms with Crippen molar-refractivity contribution in [1.82, 2.24) is 25.0 Å². The molecule has 1 saturated heterocycles. The van der Waals surface area contributed by atoms with E-state index in [4.69, 9.17) is 0 Å². The van der Waals surface area contributed by atoms with Gasteiger partial charge in [0.05, 0.1) is 21.6 Å². The summed E-state index contributed by atoms with van der Waals surface area (Å²) in [4.78, 5) is 34.1. The summed E-state index contributed by atoms with van der Waals surface area (Å²) < 4.78 is 1.72. The average molecular weight is 464 g/mol. The van der Waals surface area contributed by atoms with E-state index in [1.54, 1.807) is 16.0 Å².